The monoisotopic (exact) mass is 473 g/mol. The molecule has 1 saturated heterocycles. The van der Waals surface area contributed by atoms with E-state index in [4.69, 9.17) is 9.84 Å². The Hall–Kier alpha value is -3.64. The predicted octanol–water partition coefficient (Wildman–Crippen LogP) is 3.25. The van der Waals surface area contributed by atoms with Crippen LogP contribution in [0.4, 0.5) is 0 Å². The molecule has 0 spiro atoms. The maximum atomic E-state index is 11.9. The second-order valence-corrected chi connectivity index (χ2v) is 9.68. The van der Waals surface area contributed by atoms with Gasteiger partial charge in [0.25, 0.3) is 0 Å². The van der Waals surface area contributed by atoms with Crippen LogP contribution in [0.1, 0.15) is 49.4 Å². The van der Waals surface area contributed by atoms with Crippen molar-refractivity contribution in [2.45, 2.75) is 50.6 Å². The summed E-state index contributed by atoms with van der Waals surface area (Å²) in [5.74, 6) is 0.540. The largest absolute Gasteiger partial charge is 0.494 e. The third kappa shape index (κ3) is 4.19. The quantitative estimate of drug-likeness (QED) is 0.529. The SMILES string of the molecule is C=CC(=O)NC1(CN2CCC(n3ncc(-c4cc(OC)c5c(C#N)cnn5c4)c3C)CC2)CCC1. The predicted molar refractivity (Wildman–Crippen MR) is 132 cm³/mol. The maximum absolute atomic E-state index is 11.9. The number of nitrogens with one attached hydrogen (secondary N) is 1. The lowest BCUT2D eigenvalue weighted by Crippen LogP contribution is -2.60. The highest BCUT2D eigenvalue weighted by Crippen LogP contribution is 2.36. The first kappa shape index (κ1) is 23.1. The highest BCUT2D eigenvalue weighted by atomic mass is 16.5. The van der Waals surface area contributed by atoms with Crippen molar-refractivity contribution < 1.29 is 9.53 Å². The van der Waals surface area contributed by atoms with Crippen LogP contribution in [-0.4, -0.2) is 62.5 Å². The molecule has 9 nitrogen and oxygen atoms in total. The normalized spacial score (nSPS) is 18.1. The second-order valence-electron chi connectivity index (χ2n) is 9.68. The number of aromatic nitrogens is 4. The molecule has 0 unspecified atom stereocenters. The van der Waals surface area contributed by atoms with E-state index in [1.165, 1.54) is 6.08 Å². The minimum atomic E-state index is -0.0947. The molecular formula is C26H31N7O2. The van der Waals surface area contributed by atoms with Crippen molar-refractivity contribution in [2.24, 2.45) is 0 Å². The number of likely N-dealkylation sites (tertiary alicyclic amines) is 1. The maximum Gasteiger partial charge on any atom is 0.243 e. The Bertz CT molecular complexity index is 1300. The number of piperidine rings is 1. The van der Waals surface area contributed by atoms with Crippen LogP contribution < -0.4 is 10.1 Å². The Labute approximate surface area is 205 Å². The lowest BCUT2D eigenvalue weighted by Gasteiger charge is -2.47. The lowest BCUT2D eigenvalue weighted by molar-refractivity contribution is -0.119. The number of ether oxygens (including phenoxy) is 1. The molecule has 1 aliphatic carbocycles. The number of hydrogen-bond acceptors (Lipinski definition) is 6. The standard InChI is InChI=1S/C26H31N7O2/c1-4-24(34)30-26(8-5-9-26)17-31-10-6-21(7-11-31)33-18(2)22(15-29-33)19-12-23(35-3)25-20(13-27)14-28-32(25)16-19/h4,12,14-16,21H,1,5-11,17H2,2-3H3,(H,30,34). The number of hydrogen-bond donors (Lipinski definition) is 1. The number of nitrogens with zero attached hydrogens (tertiary/aromatic N) is 6. The van der Waals surface area contributed by atoms with Gasteiger partial charge in [0.1, 0.15) is 22.9 Å². The van der Waals surface area contributed by atoms with Gasteiger partial charge in [-0.2, -0.15) is 15.5 Å². The van der Waals surface area contributed by atoms with Gasteiger partial charge in [0.2, 0.25) is 5.91 Å². The minimum absolute atomic E-state index is 0.0759. The molecule has 1 N–H and O–H groups in total. The van der Waals surface area contributed by atoms with Crippen molar-refractivity contribution in [1.29, 1.82) is 5.26 Å². The summed E-state index contributed by atoms with van der Waals surface area (Å²) < 4.78 is 9.42. The van der Waals surface area contributed by atoms with Gasteiger partial charge in [0.15, 0.2) is 0 Å². The van der Waals surface area contributed by atoms with E-state index in [1.54, 1.807) is 17.8 Å². The highest BCUT2D eigenvalue weighted by molar-refractivity contribution is 5.87. The minimum Gasteiger partial charge on any atom is -0.494 e. The van der Waals surface area contributed by atoms with Crippen LogP contribution in [0.15, 0.2) is 37.3 Å². The molecule has 9 heteroatoms. The topological polar surface area (TPSA) is 100 Å². The molecule has 35 heavy (non-hydrogen) atoms. The number of methoxy groups -OCH3 is 1. The van der Waals surface area contributed by atoms with E-state index in [-0.39, 0.29) is 11.4 Å². The van der Waals surface area contributed by atoms with Crippen molar-refractivity contribution in [3.8, 4) is 22.9 Å². The van der Waals surface area contributed by atoms with Crippen molar-refractivity contribution >= 4 is 11.4 Å². The highest BCUT2D eigenvalue weighted by Gasteiger charge is 2.40. The molecule has 5 rings (SSSR count). The molecule has 3 aromatic rings. The molecule has 0 aromatic carbocycles. The van der Waals surface area contributed by atoms with Gasteiger partial charge in [-0.1, -0.05) is 6.58 Å². The zero-order valence-electron chi connectivity index (χ0n) is 20.3. The van der Waals surface area contributed by atoms with Crippen LogP contribution in [-0.2, 0) is 4.79 Å². The number of amides is 1. The Morgan fingerprint density at radius 2 is 2.11 bits per heavy atom. The molecule has 4 heterocycles. The molecule has 2 aliphatic rings. The van der Waals surface area contributed by atoms with E-state index in [0.29, 0.717) is 22.9 Å². The van der Waals surface area contributed by atoms with E-state index < -0.39 is 0 Å². The van der Waals surface area contributed by atoms with Crippen molar-refractivity contribution in [3.63, 3.8) is 0 Å². The van der Waals surface area contributed by atoms with E-state index in [1.807, 2.05) is 18.5 Å². The summed E-state index contributed by atoms with van der Waals surface area (Å²) in [5.41, 5.74) is 4.15. The summed E-state index contributed by atoms with van der Waals surface area (Å²) in [5, 5.41) is 21.6. The Morgan fingerprint density at radius 1 is 1.34 bits per heavy atom. The van der Waals surface area contributed by atoms with Crippen LogP contribution >= 0.6 is 0 Å². The van der Waals surface area contributed by atoms with Crippen molar-refractivity contribution in [1.82, 2.24) is 29.6 Å². The van der Waals surface area contributed by atoms with Crippen LogP contribution in [0, 0.1) is 18.3 Å². The number of carbonyl (C=O) groups is 1. The van der Waals surface area contributed by atoms with Crippen LogP contribution in [0.2, 0.25) is 0 Å². The molecule has 2 fully saturated rings. The smallest absolute Gasteiger partial charge is 0.243 e. The summed E-state index contributed by atoms with van der Waals surface area (Å²) in [6, 6.07) is 4.45. The molecule has 0 radical (unpaired) electrons. The average molecular weight is 474 g/mol. The zero-order chi connectivity index (χ0) is 24.6. The van der Waals surface area contributed by atoms with Gasteiger partial charge in [-0.3, -0.25) is 9.48 Å². The van der Waals surface area contributed by atoms with Gasteiger partial charge >= 0.3 is 0 Å². The number of fused-ring (bicyclic) bond motifs is 1. The fourth-order valence-electron chi connectivity index (χ4n) is 5.53. The summed E-state index contributed by atoms with van der Waals surface area (Å²) >= 11 is 0. The zero-order valence-corrected chi connectivity index (χ0v) is 20.3. The second kappa shape index (κ2) is 9.19. The van der Waals surface area contributed by atoms with Crippen LogP contribution in [0.25, 0.3) is 16.6 Å². The van der Waals surface area contributed by atoms with Crippen LogP contribution in [0.5, 0.6) is 5.75 Å². The number of rotatable bonds is 7. The number of carbonyl (C=O) groups excluding carboxylic acids is 1. The molecule has 182 valence electrons. The Balaban J connectivity index is 1.30. The van der Waals surface area contributed by atoms with Gasteiger partial charge in [-0.15, -0.1) is 0 Å². The summed E-state index contributed by atoms with van der Waals surface area (Å²) in [4.78, 5) is 14.4. The average Bonchev–Trinajstić information content (AvgIpc) is 3.45. The molecule has 0 bridgehead atoms. The fraction of sp³-hybridized carbons (Fsp3) is 0.462. The van der Waals surface area contributed by atoms with E-state index in [9.17, 15) is 10.1 Å². The molecule has 1 aliphatic heterocycles. The first-order valence-electron chi connectivity index (χ1n) is 12.1. The fourth-order valence-corrected chi connectivity index (χ4v) is 5.53. The van der Waals surface area contributed by atoms with Gasteiger partial charge < -0.3 is 15.0 Å². The lowest BCUT2D eigenvalue weighted by atomic mass is 9.76. The summed E-state index contributed by atoms with van der Waals surface area (Å²) in [6.45, 7) is 8.56. The molecule has 3 aromatic heterocycles. The molecule has 0 atom stereocenters. The Morgan fingerprint density at radius 3 is 2.74 bits per heavy atom. The van der Waals surface area contributed by atoms with Gasteiger partial charge in [0.05, 0.1) is 31.1 Å². The molecular weight excluding hydrogens is 442 g/mol. The third-order valence-electron chi connectivity index (χ3n) is 7.59. The van der Waals surface area contributed by atoms with Gasteiger partial charge in [0, 0.05) is 42.7 Å². The molecule has 1 amide bonds. The number of pyridine rings is 1. The third-order valence-corrected chi connectivity index (χ3v) is 7.59. The van der Waals surface area contributed by atoms with E-state index in [0.717, 1.165) is 68.6 Å². The first-order valence-corrected chi connectivity index (χ1v) is 12.1. The van der Waals surface area contributed by atoms with Crippen LogP contribution in [0.3, 0.4) is 0 Å². The summed E-state index contributed by atoms with van der Waals surface area (Å²) in [6.07, 6.45) is 12.0. The summed E-state index contributed by atoms with van der Waals surface area (Å²) in [7, 11) is 1.61. The first-order chi connectivity index (χ1) is 17.0. The number of nitriles is 1. The Kier molecular flexibility index (Phi) is 6.07. The molecule has 1 saturated carbocycles. The van der Waals surface area contributed by atoms with Gasteiger partial charge in [-0.25, -0.2) is 4.52 Å². The van der Waals surface area contributed by atoms with E-state index >= 15 is 0 Å². The van der Waals surface area contributed by atoms with Crippen molar-refractivity contribution in [3.05, 3.63) is 48.6 Å². The van der Waals surface area contributed by atoms with Gasteiger partial charge in [-0.05, 0) is 51.2 Å². The van der Waals surface area contributed by atoms with Crippen molar-refractivity contribution in [2.75, 3.05) is 26.7 Å². The van der Waals surface area contributed by atoms with E-state index in [2.05, 4.69) is 39.6 Å².